The van der Waals surface area contributed by atoms with Crippen LogP contribution in [0.3, 0.4) is 0 Å². The van der Waals surface area contributed by atoms with E-state index >= 15 is 0 Å². The quantitative estimate of drug-likeness (QED) is 0.754. The van der Waals surface area contributed by atoms with Crippen LogP contribution < -0.4 is 0 Å². The highest BCUT2D eigenvalue weighted by Crippen LogP contribution is 2.18. The van der Waals surface area contributed by atoms with E-state index in [1.807, 2.05) is 0 Å². The van der Waals surface area contributed by atoms with Crippen LogP contribution in [0.5, 0.6) is 0 Å². The molecule has 0 spiro atoms. The molecular formula is C10H14N2O3. The Balaban J connectivity index is 1.76. The zero-order valence-corrected chi connectivity index (χ0v) is 8.73. The summed E-state index contributed by atoms with van der Waals surface area (Å²) in [5.41, 5.74) is 0. The third kappa shape index (κ3) is 2.86. The Morgan fingerprint density at radius 2 is 2.13 bits per heavy atom. The summed E-state index contributed by atoms with van der Waals surface area (Å²) in [5, 5.41) is 7.55. The van der Waals surface area contributed by atoms with Gasteiger partial charge in [-0.2, -0.15) is 0 Å². The molecule has 0 amide bonds. The van der Waals surface area contributed by atoms with Crippen LogP contribution in [0.25, 0.3) is 0 Å². The van der Waals surface area contributed by atoms with Crippen LogP contribution >= 0.6 is 0 Å². The van der Waals surface area contributed by atoms with Crippen LogP contribution in [-0.4, -0.2) is 22.1 Å². The number of aromatic nitrogens is 2. The van der Waals surface area contributed by atoms with E-state index in [-0.39, 0.29) is 6.10 Å². The molecule has 0 bridgehead atoms. The third-order valence-corrected chi connectivity index (χ3v) is 2.50. The maximum Gasteiger partial charge on any atom is 0.242 e. The Labute approximate surface area is 87.8 Å². The number of carbonyl (C=O) groups is 1. The smallest absolute Gasteiger partial charge is 0.242 e. The lowest BCUT2D eigenvalue weighted by molar-refractivity contribution is -0.123. The van der Waals surface area contributed by atoms with Crippen LogP contribution in [0.4, 0.5) is 0 Å². The van der Waals surface area contributed by atoms with Crippen molar-refractivity contribution in [1.82, 2.24) is 10.2 Å². The van der Waals surface area contributed by atoms with Gasteiger partial charge in [0.15, 0.2) is 0 Å². The highest BCUT2D eigenvalue weighted by molar-refractivity contribution is 5.79. The minimum Gasteiger partial charge on any atom is -0.423 e. The molecule has 5 heteroatoms. The molecule has 15 heavy (non-hydrogen) atoms. The van der Waals surface area contributed by atoms with Crippen molar-refractivity contribution in [2.24, 2.45) is 0 Å². The molecule has 82 valence electrons. The summed E-state index contributed by atoms with van der Waals surface area (Å²) < 4.78 is 10.8. The molecule has 1 fully saturated rings. The number of rotatable bonds is 3. The van der Waals surface area contributed by atoms with Crippen LogP contribution in [0.2, 0.25) is 0 Å². The zero-order chi connectivity index (χ0) is 10.7. The van der Waals surface area contributed by atoms with E-state index in [2.05, 4.69) is 10.2 Å². The zero-order valence-electron chi connectivity index (χ0n) is 8.73. The molecule has 0 N–H and O–H groups in total. The molecule has 0 radical (unpaired) electrons. The van der Waals surface area contributed by atoms with Gasteiger partial charge < -0.3 is 9.15 Å². The van der Waals surface area contributed by atoms with Gasteiger partial charge in [0.25, 0.3) is 0 Å². The second kappa shape index (κ2) is 4.53. The van der Waals surface area contributed by atoms with Gasteiger partial charge in [0.05, 0.1) is 6.10 Å². The van der Waals surface area contributed by atoms with Crippen molar-refractivity contribution in [3.8, 4) is 0 Å². The maximum atomic E-state index is 11.0. The van der Waals surface area contributed by atoms with E-state index in [4.69, 9.17) is 9.15 Å². The van der Waals surface area contributed by atoms with Crippen molar-refractivity contribution >= 4 is 5.78 Å². The number of aryl methyl sites for hydroxylation is 1. The Kier molecular flexibility index (Phi) is 3.11. The first-order valence-corrected chi connectivity index (χ1v) is 5.16. The van der Waals surface area contributed by atoms with Gasteiger partial charge in [0, 0.05) is 19.8 Å². The Bertz CT molecular complexity index is 338. The largest absolute Gasteiger partial charge is 0.423 e. The fourth-order valence-corrected chi connectivity index (χ4v) is 1.66. The summed E-state index contributed by atoms with van der Waals surface area (Å²) in [6.07, 6.45) is 3.05. The maximum absolute atomic E-state index is 11.0. The molecule has 2 rings (SSSR count). The summed E-state index contributed by atoms with van der Waals surface area (Å²) in [4.78, 5) is 11.0. The van der Waals surface area contributed by atoms with Gasteiger partial charge in [0.1, 0.15) is 12.4 Å². The molecule has 0 unspecified atom stereocenters. The summed E-state index contributed by atoms with van der Waals surface area (Å²) in [7, 11) is 0. The van der Waals surface area contributed by atoms with E-state index in [9.17, 15) is 4.79 Å². The number of ether oxygens (including phenoxy) is 1. The van der Waals surface area contributed by atoms with Crippen molar-refractivity contribution in [3.63, 3.8) is 0 Å². The predicted molar refractivity (Wildman–Crippen MR) is 51.1 cm³/mol. The Morgan fingerprint density at radius 1 is 1.40 bits per heavy atom. The van der Waals surface area contributed by atoms with Gasteiger partial charge in [-0.1, -0.05) is 0 Å². The van der Waals surface area contributed by atoms with Gasteiger partial charge in [-0.3, -0.25) is 4.79 Å². The number of Topliss-reactive ketones (excluding diaryl/α,β-unsaturated/α-hetero) is 1. The molecule has 1 heterocycles. The van der Waals surface area contributed by atoms with Crippen LogP contribution in [0.15, 0.2) is 4.42 Å². The fraction of sp³-hybridized carbons (Fsp3) is 0.700. The van der Waals surface area contributed by atoms with E-state index in [1.54, 1.807) is 6.92 Å². The van der Waals surface area contributed by atoms with Crippen LogP contribution in [0, 0.1) is 6.92 Å². The lowest BCUT2D eigenvalue weighted by atomic mass is 9.97. The van der Waals surface area contributed by atoms with Gasteiger partial charge in [-0.25, -0.2) is 0 Å². The van der Waals surface area contributed by atoms with E-state index in [1.165, 1.54) is 0 Å². The second-order valence-corrected chi connectivity index (χ2v) is 3.76. The summed E-state index contributed by atoms with van der Waals surface area (Å²) >= 11 is 0. The monoisotopic (exact) mass is 210 g/mol. The lowest BCUT2D eigenvalue weighted by Gasteiger charge is -2.20. The molecule has 5 nitrogen and oxygen atoms in total. The number of nitrogens with zero attached hydrogens (tertiary/aromatic N) is 2. The van der Waals surface area contributed by atoms with Crippen molar-refractivity contribution in [2.45, 2.75) is 45.3 Å². The van der Waals surface area contributed by atoms with Gasteiger partial charge in [-0.15, -0.1) is 10.2 Å². The van der Waals surface area contributed by atoms with E-state index < -0.39 is 0 Å². The molecule has 0 aromatic carbocycles. The van der Waals surface area contributed by atoms with Crippen LogP contribution in [-0.2, 0) is 16.1 Å². The molecule has 1 aromatic rings. The second-order valence-electron chi connectivity index (χ2n) is 3.76. The lowest BCUT2D eigenvalue weighted by Crippen LogP contribution is -2.21. The van der Waals surface area contributed by atoms with E-state index in [0.29, 0.717) is 37.0 Å². The van der Waals surface area contributed by atoms with Gasteiger partial charge >= 0.3 is 0 Å². The Hall–Kier alpha value is -1.23. The van der Waals surface area contributed by atoms with Crippen LogP contribution in [0.1, 0.15) is 37.5 Å². The third-order valence-electron chi connectivity index (χ3n) is 2.50. The number of hydrogen-bond donors (Lipinski definition) is 0. The van der Waals surface area contributed by atoms with Crippen molar-refractivity contribution in [3.05, 3.63) is 11.8 Å². The molecular weight excluding hydrogens is 196 g/mol. The molecule has 0 atom stereocenters. The summed E-state index contributed by atoms with van der Waals surface area (Å²) in [6.45, 7) is 2.09. The molecule has 0 aliphatic heterocycles. The highest BCUT2D eigenvalue weighted by atomic mass is 16.5. The highest BCUT2D eigenvalue weighted by Gasteiger charge is 2.19. The number of ketones is 1. The minimum atomic E-state index is 0.162. The predicted octanol–water partition coefficient (Wildman–Crippen LogP) is 1.41. The van der Waals surface area contributed by atoms with Crippen molar-refractivity contribution in [2.75, 3.05) is 0 Å². The molecule has 1 aliphatic rings. The number of hydrogen-bond acceptors (Lipinski definition) is 5. The SMILES string of the molecule is Cc1nnc(COC2CCC(=O)CC2)o1. The average Bonchev–Trinajstić information content (AvgIpc) is 2.64. The molecule has 1 saturated carbocycles. The standard InChI is InChI=1S/C10H14N2O3/c1-7-11-12-10(15-7)6-14-9-4-2-8(13)3-5-9/h9H,2-6H2,1H3. The topological polar surface area (TPSA) is 65.2 Å². The summed E-state index contributed by atoms with van der Waals surface area (Å²) in [5.74, 6) is 1.39. The van der Waals surface area contributed by atoms with Gasteiger partial charge in [0.2, 0.25) is 11.8 Å². The van der Waals surface area contributed by atoms with Crippen molar-refractivity contribution in [1.29, 1.82) is 0 Å². The Morgan fingerprint density at radius 3 is 2.73 bits per heavy atom. The normalized spacial score (nSPS) is 18.3. The molecule has 0 saturated heterocycles. The summed E-state index contributed by atoms with van der Waals surface area (Å²) in [6, 6.07) is 0. The minimum absolute atomic E-state index is 0.162. The molecule has 1 aromatic heterocycles. The first-order valence-electron chi connectivity index (χ1n) is 5.16. The van der Waals surface area contributed by atoms with Crippen molar-refractivity contribution < 1.29 is 13.9 Å². The van der Waals surface area contributed by atoms with E-state index in [0.717, 1.165) is 12.8 Å². The van der Waals surface area contributed by atoms with Gasteiger partial charge in [-0.05, 0) is 12.8 Å². The number of carbonyl (C=O) groups excluding carboxylic acids is 1. The first kappa shape index (κ1) is 10.3. The average molecular weight is 210 g/mol. The molecule has 1 aliphatic carbocycles. The fourth-order valence-electron chi connectivity index (χ4n) is 1.66. The first-order chi connectivity index (χ1) is 7.24.